The van der Waals surface area contributed by atoms with Gasteiger partial charge in [-0.05, 0) is 24.1 Å². The first kappa shape index (κ1) is 12.9. The summed E-state index contributed by atoms with van der Waals surface area (Å²) >= 11 is 3.14. The first-order valence-corrected chi connectivity index (χ1v) is 5.50. The van der Waals surface area contributed by atoms with E-state index in [1.165, 1.54) is 19.1 Å². The number of ketones is 1. The van der Waals surface area contributed by atoms with E-state index in [2.05, 4.69) is 15.9 Å². The Morgan fingerprint density at radius 2 is 2.06 bits per heavy atom. The normalized spacial score (nSPS) is 12.2. The lowest BCUT2D eigenvalue weighted by Crippen LogP contribution is -2.09. The predicted molar refractivity (Wildman–Crippen MR) is 61.7 cm³/mol. The highest BCUT2D eigenvalue weighted by molar-refractivity contribution is 9.09. The number of carbonyl (C=O) groups excluding carboxylic acids is 1. The third kappa shape index (κ3) is 2.68. The molecule has 1 aromatic carbocycles. The van der Waals surface area contributed by atoms with Crippen LogP contribution in [0.5, 0.6) is 0 Å². The van der Waals surface area contributed by atoms with Crippen molar-refractivity contribution in [3.63, 3.8) is 0 Å². The van der Waals surface area contributed by atoms with Gasteiger partial charge in [0.2, 0.25) is 0 Å². The molecule has 0 bridgehead atoms. The third-order valence-corrected chi connectivity index (χ3v) is 3.30. The molecule has 0 aromatic heterocycles. The molecule has 0 aliphatic carbocycles. The molecule has 0 aliphatic heterocycles. The Morgan fingerprint density at radius 3 is 2.50 bits per heavy atom. The fourth-order valence-corrected chi connectivity index (χ4v) is 1.73. The van der Waals surface area contributed by atoms with E-state index in [1.807, 2.05) is 0 Å². The van der Waals surface area contributed by atoms with Crippen LogP contribution in [0.1, 0.15) is 33.2 Å². The molecule has 0 saturated heterocycles. The van der Waals surface area contributed by atoms with Gasteiger partial charge in [-0.2, -0.15) is 0 Å². The minimum Gasteiger partial charge on any atom is -0.478 e. The topological polar surface area (TPSA) is 74.6 Å². The van der Waals surface area contributed by atoms with Crippen molar-refractivity contribution in [2.45, 2.75) is 18.4 Å². The summed E-state index contributed by atoms with van der Waals surface area (Å²) in [7, 11) is 0. The van der Waals surface area contributed by atoms with Gasteiger partial charge in [0.1, 0.15) is 5.78 Å². The Morgan fingerprint density at radius 1 is 1.44 bits per heavy atom. The SMILES string of the molecule is CC(=O)C(Br)c1ccc(CO)cc1C(=O)O. The number of aliphatic hydroxyl groups is 1. The molecular weight excluding hydrogens is 276 g/mol. The largest absolute Gasteiger partial charge is 0.478 e. The number of alkyl halides is 1. The Balaban J connectivity index is 3.28. The number of benzene rings is 1. The lowest BCUT2D eigenvalue weighted by Gasteiger charge is -2.11. The van der Waals surface area contributed by atoms with Crippen molar-refractivity contribution in [3.8, 4) is 0 Å². The number of hydrogen-bond acceptors (Lipinski definition) is 3. The van der Waals surface area contributed by atoms with Crippen LogP contribution < -0.4 is 0 Å². The molecule has 1 rings (SSSR count). The van der Waals surface area contributed by atoms with Gasteiger partial charge >= 0.3 is 5.97 Å². The summed E-state index contributed by atoms with van der Waals surface area (Å²) in [4.78, 5) is 21.6. The maximum Gasteiger partial charge on any atom is 0.336 e. The highest BCUT2D eigenvalue weighted by Gasteiger charge is 2.20. The van der Waals surface area contributed by atoms with Crippen LogP contribution in [0.25, 0.3) is 0 Å². The number of aromatic carboxylic acids is 1. The fraction of sp³-hybridized carbons (Fsp3) is 0.273. The molecule has 0 spiro atoms. The molecule has 0 amide bonds. The Hall–Kier alpha value is -1.20. The fourth-order valence-electron chi connectivity index (χ4n) is 1.33. The maximum absolute atomic E-state index is 11.2. The smallest absolute Gasteiger partial charge is 0.336 e. The summed E-state index contributed by atoms with van der Waals surface area (Å²) in [5.41, 5.74) is 0.935. The molecule has 1 atom stereocenters. The molecule has 5 heteroatoms. The van der Waals surface area contributed by atoms with Crippen LogP contribution in [-0.2, 0) is 11.4 Å². The number of carboxylic acid groups (broad SMARTS) is 1. The number of rotatable bonds is 4. The van der Waals surface area contributed by atoms with Gasteiger partial charge in [-0.15, -0.1) is 0 Å². The summed E-state index contributed by atoms with van der Waals surface area (Å²) in [5, 5.41) is 17.9. The Labute approximate surface area is 101 Å². The summed E-state index contributed by atoms with van der Waals surface area (Å²) in [6.07, 6.45) is 0. The summed E-state index contributed by atoms with van der Waals surface area (Å²) in [6.45, 7) is 1.15. The average Bonchev–Trinajstić information content (AvgIpc) is 2.26. The first-order valence-electron chi connectivity index (χ1n) is 4.59. The molecule has 0 radical (unpaired) electrons. The number of carboxylic acids is 1. The number of aliphatic hydroxyl groups excluding tert-OH is 1. The van der Waals surface area contributed by atoms with E-state index in [4.69, 9.17) is 10.2 Å². The molecule has 4 nitrogen and oxygen atoms in total. The molecule has 0 aliphatic rings. The molecule has 0 fully saturated rings. The van der Waals surface area contributed by atoms with Crippen molar-refractivity contribution in [2.24, 2.45) is 0 Å². The van der Waals surface area contributed by atoms with Gasteiger partial charge in [0.05, 0.1) is 17.0 Å². The van der Waals surface area contributed by atoms with Crippen molar-refractivity contribution < 1.29 is 19.8 Å². The zero-order valence-corrected chi connectivity index (χ0v) is 10.2. The van der Waals surface area contributed by atoms with Crippen molar-refractivity contribution in [1.82, 2.24) is 0 Å². The molecule has 16 heavy (non-hydrogen) atoms. The minimum absolute atomic E-state index is 0.0311. The average molecular weight is 287 g/mol. The van der Waals surface area contributed by atoms with Crippen LogP contribution >= 0.6 is 15.9 Å². The van der Waals surface area contributed by atoms with Gasteiger partial charge in [0, 0.05) is 0 Å². The second-order valence-electron chi connectivity index (χ2n) is 3.36. The highest BCUT2D eigenvalue weighted by atomic mass is 79.9. The predicted octanol–water partition coefficient (Wildman–Crippen LogP) is 1.90. The number of halogens is 1. The molecular formula is C11H11BrO4. The van der Waals surface area contributed by atoms with Gasteiger partial charge in [-0.25, -0.2) is 4.79 Å². The van der Waals surface area contributed by atoms with Crippen molar-refractivity contribution in [3.05, 3.63) is 34.9 Å². The molecule has 1 unspecified atom stereocenters. The monoisotopic (exact) mass is 286 g/mol. The number of hydrogen-bond donors (Lipinski definition) is 2. The minimum atomic E-state index is -1.11. The second-order valence-corrected chi connectivity index (χ2v) is 4.27. The van der Waals surface area contributed by atoms with Crippen LogP contribution in [0.4, 0.5) is 0 Å². The van der Waals surface area contributed by atoms with Gasteiger partial charge in [0.15, 0.2) is 0 Å². The van der Waals surface area contributed by atoms with E-state index in [0.29, 0.717) is 11.1 Å². The number of carbonyl (C=O) groups is 2. The van der Waals surface area contributed by atoms with E-state index in [-0.39, 0.29) is 18.0 Å². The lowest BCUT2D eigenvalue weighted by atomic mass is 10.00. The molecule has 86 valence electrons. The van der Waals surface area contributed by atoms with Gasteiger partial charge < -0.3 is 10.2 Å². The summed E-state index contributed by atoms with van der Waals surface area (Å²) < 4.78 is 0. The van der Waals surface area contributed by atoms with E-state index in [9.17, 15) is 9.59 Å². The third-order valence-electron chi connectivity index (χ3n) is 2.16. The second kappa shape index (κ2) is 5.23. The molecule has 0 heterocycles. The molecule has 2 N–H and O–H groups in total. The Bertz CT molecular complexity index is 428. The van der Waals surface area contributed by atoms with Crippen LogP contribution in [0.3, 0.4) is 0 Å². The van der Waals surface area contributed by atoms with Crippen LogP contribution in [0.15, 0.2) is 18.2 Å². The molecule has 1 aromatic rings. The van der Waals surface area contributed by atoms with Crippen LogP contribution in [-0.4, -0.2) is 22.0 Å². The van der Waals surface area contributed by atoms with Crippen molar-refractivity contribution in [1.29, 1.82) is 0 Å². The standard InChI is InChI=1S/C11H11BrO4/c1-6(14)10(12)8-3-2-7(5-13)4-9(8)11(15)16/h2-4,10,13H,5H2,1H3,(H,15,16). The van der Waals surface area contributed by atoms with Gasteiger partial charge in [0.25, 0.3) is 0 Å². The van der Waals surface area contributed by atoms with E-state index in [0.717, 1.165) is 0 Å². The van der Waals surface area contributed by atoms with Crippen LogP contribution in [0, 0.1) is 0 Å². The quantitative estimate of drug-likeness (QED) is 0.829. The number of Topliss-reactive ketones (excluding diaryl/α,β-unsaturated/α-hetero) is 1. The van der Waals surface area contributed by atoms with E-state index in [1.54, 1.807) is 6.07 Å². The summed E-state index contributed by atoms with van der Waals surface area (Å²) in [6, 6.07) is 4.50. The lowest BCUT2D eigenvalue weighted by molar-refractivity contribution is -0.116. The zero-order valence-electron chi connectivity index (χ0n) is 8.61. The van der Waals surface area contributed by atoms with Crippen LogP contribution in [0.2, 0.25) is 0 Å². The Kier molecular flexibility index (Phi) is 4.20. The molecule has 0 saturated carbocycles. The first-order chi connectivity index (χ1) is 7.47. The maximum atomic E-state index is 11.2. The van der Waals surface area contributed by atoms with Gasteiger partial charge in [-0.3, -0.25) is 4.79 Å². The van der Waals surface area contributed by atoms with E-state index >= 15 is 0 Å². The highest BCUT2D eigenvalue weighted by Crippen LogP contribution is 2.27. The summed E-state index contributed by atoms with van der Waals surface area (Å²) in [5.74, 6) is -1.28. The van der Waals surface area contributed by atoms with Crippen molar-refractivity contribution in [2.75, 3.05) is 0 Å². The zero-order chi connectivity index (χ0) is 12.3. The van der Waals surface area contributed by atoms with Gasteiger partial charge in [-0.1, -0.05) is 28.1 Å². The van der Waals surface area contributed by atoms with E-state index < -0.39 is 10.8 Å². The van der Waals surface area contributed by atoms with Crippen molar-refractivity contribution >= 4 is 27.7 Å².